The van der Waals surface area contributed by atoms with E-state index in [1.807, 2.05) is 13.8 Å². The van der Waals surface area contributed by atoms with Crippen molar-refractivity contribution in [3.05, 3.63) is 114 Å². The molecule has 0 saturated heterocycles. The van der Waals surface area contributed by atoms with Crippen molar-refractivity contribution in [2.24, 2.45) is 5.92 Å². The van der Waals surface area contributed by atoms with E-state index in [-0.39, 0.29) is 38.5 Å². The highest BCUT2D eigenvalue weighted by Gasteiger charge is 2.22. The van der Waals surface area contributed by atoms with E-state index in [4.69, 9.17) is 0 Å². The molecule has 0 radical (unpaired) electrons. The van der Waals surface area contributed by atoms with Crippen LogP contribution in [0.15, 0.2) is 101 Å². The number of carbonyl (C=O) groups excluding carboxylic acids is 2. The first-order valence-electron chi connectivity index (χ1n) is 16.0. The zero-order chi connectivity index (χ0) is 35.5. The minimum Gasteiger partial charge on any atom is -0.296 e. The molecule has 256 valence electrons. The van der Waals surface area contributed by atoms with Gasteiger partial charge < -0.3 is 0 Å². The quantitative estimate of drug-likeness (QED) is 0.137. The molecule has 0 amide bonds. The molecule has 0 bridgehead atoms. The zero-order valence-corrected chi connectivity index (χ0v) is 29.0. The second-order valence-electron chi connectivity index (χ2n) is 12.1. The highest BCUT2D eigenvalue weighted by molar-refractivity contribution is 7.90. The van der Waals surface area contributed by atoms with E-state index in [1.54, 1.807) is 66.7 Å². The van der Waals surface area contributed by atoms with E-state index in [2.05, 4.69) is 19.9 Å². The third-order valence-electron chi connectivity index (χ3n) is 8.45. The van der Waals surface area contributed by atoms with E-state index in [9.17, 15) is 26.4 Å². The number of ketones is 1. The first-order valence-corrected chi connectivity index (χ1v) is 18.9. The summed E-state index contributed by atoms with van der Waals surface area (Å²) in [6, 6.07) is 16.4. The number of aryl methyl sites for hydroxylation is 2. The summed E-state index contributed by atoms with van der Waals surface area (Å²) in [5.74, 6) is 0.239. The van der Waals surface area contributed by atoms with Crippen molar-refractivity contribution in [3.63, 3.8) is 0 Å². The Balaban J connectivity index is 0.000000182. The lowest BCUT2D eigenvalue weighted by atomic mass is 9.86. The van der Waals surface area contributed by atoms with Gasteiger partial charge in [0.1, 0.15) is 16.7 Å². The predicted molar refractivity (Wildman–Crippen MR) is 189 cm³/mol. The monoisotopic (exact) mass is 710 g/mol. The molecule has 7 rings (SSSR count). The second kappa shape index (κ2) is 14.3. The maximum absolute atomic E-state index is 12.9. The van der Waals surface area contributed by atoms with Gasteiger partial charge in [-0.3, -0.25) is 9.59 Å². The molecule has 0 atom stereocenters. The Hall–Kier alpha value is -5.34. The third-order valence-corrected chi connectivity index (χ3v) is 11.8. The fourth-order valence-electron chi connectivity index (χ4n) is 5.67. The van der Waals surface area contributed by atoms with Crippen LogP contribution >= 0.6 is 0 Å². The van der Waals surface area contributed by atoms with E-state index >= 15 is 0 Å². The molecule has 50 heavy (non-hydrogen) atoms. The molecule has 0 spiro atoms. The topological polar surface area (TPSA) is 164 Å². The Labute approximate surface area is 289 Å². The molecule has 1 saturated carbocycles. The van der Waals surface area contributed by atoms with Crippen molar-refractivity contribution < 1.29 is 26.4 Å². The van der Waals surface area contributed by atoms with Crippen LogP contribution in [0.1, 0.15) is 59.4 Å². The Morgan fingerprint density at radius 3 is 1.62 bits per heavy atom. The molecule has 14 heteroatoms. The van der Waals surface area contributed by atoms with Gasteiger partial charge >= 0.3 is 0 Å². The molecule has 0 aliphatic heterocycles. The van der Waals surface area contributed by atoms with Crippen molar-refractivity contribution in [2.75, 3.05) is 0 Å². The first kappa shape index (κ1) is 34.5. The van der Waals surface area contributed by atoms with Gasteiger partial charge in [-0.1, -0.05) is 54.7 Å². The lowest BCUT2D eigenvalue weighted by Crippen LogP contribution is -2.15. The highest BCUT2D eigenvalue weighted by atomic mass is 32.2. The van der Waals surface area contributed by atoms with Crippen LogP contribution in [0.3, 0.4) is 0 Å². The van der Waals surface area contributed by atoms with Crippen molar-refractivity contribution in [1.82, 2.24) is 27.9 Å². The van der Waals surface area contributed by atoms with Crippen molar-refractivity contribution in [1.29, 1.82) is 0 Å². The molecule has 1 fully saturated rings. The molecular formula is C36H34N6O6S2. The van der Waals surface area contributed by atoms with Crippen LogP contribution in [0, 0.1) is 19.8 Å². The number of rotatable bonds is 8. The van der Waals surface area contributed by atoms with Crippen LogP contribution in [-0.2, 0) is 24.8 Å². The van der Waals surface area contributed by atoms with Crippen LogP contribution in [0.25, 0.3) is 28.4 Å². The Kier molecular flexibility index (Phi) is 9.84. The van der Waals surface area contributed by atoms with Gasteiger partial charge in [0.25, 0.3) is 20.0 Å². The number of aldehydes is 1. The minimum atomic E-state index is -3.75. The average molecular weight is 711 g/mol. The number of hydrogen-bond acceptors (Lipinski definition) is 10. The van der Waals surface area contributed by atoms with Crippen LogP contribution in [0.4, 0.5) is 0 Å². The number of allylic oxidation sites excluding steroid dienone is 1. The first-order chi connectivity index (χ1) is 24.0. The number of aromatic nitrogens is 6. The van der Waals surface area contributed by atoms with Crippen molar-refractivity contribution in [2.45, 2.75) is 55.7 Å². The summed E-state index contributed by atoms with van der Waals surface area (Å²) in [6.07, 6.45) is 14.7. The molecular weight excluding hydrogens is 677 g/mol. The van der Waals surface area contributed by atoms with Crippen molar-refractivity contribution >= 4 is 60.5 Å². The second-order valence-corrected chi connectivity index (χ2v) is 15.7. The van der Waals surface area contributed by atoms with Crippen LogP contribution in [0.5, 0.6) is 0 Å². The van der Waals surface area contributed by atoms with E-state index in [0.717, 1.165) is 44.8 Å². The molecule has 0 unspecified atom stereocenters. The molecule has 0 N–H and O–H groups in total. The number of hydrogen-bond donors (Lipinski definition) is 0. The smallest absolute Gasteiger partial charge is 0.269 e. The van der Waals surface area contributed by atoms with Crippen LogP contribution in [0.2, 0.25) is 0 Å². The Bertz CT molecular complexity index is 2440. The molecule has 12 nitrogen and oxygen atoms in total. The van der Waals surface area contributed by atoms with Gasteiger partial charge in [-0.2, -0.15) is 0 Å². The lowest BCUT2D eigenvalue weighted by Gasteiger charge is -2.18. The molecule has 6 aromatic rings. The van der Waals surface area contributed by atoms with Gasteiger partial charge in [-0.15, -0.1) is 0 Å². The van der Waals surface area contributed by atoms with Gasteiger partial charge in [-0.05, 0) is 75.2 Å². The van der Waals surface area contributed by atoms with Crippen LogP contribution in [-0.4, -0.2) is 56.8 Å². The maximum Gasteiger partial charge on any atom is 0.269 e. The number of nitrogens with zero attached hydrogens (tertiary/aromatic N) is 6. The highest BCUT2D eigenvalue weighted by Crippen LogP contribution is 2.25. The number of fused-ring (bicyclic) bond motifs is 2. The summed E-state index contributed by atoms with van der Waals surface area (Å²) in [7, 11) is -7.48. The van der Waals surface area contributed by atoms with Crippen molar-refractivity contribution in [3.8, 4) is 0 Å². The summed E-state index contributed by atoms with van der Waals surface area (Å²) in [6.45, 7) is 3.79. The summed E-state index contributed by atoms with van der Waals surface area (Å²) in [4.78, 5) is 40.2. The molecule has 1 aliphatic rings. The normalized spacial score (nSPS) is 14.1. The van der Waals surface area contributed by atoms with Crippen LogP contribution < -0.4 is 0 Å². The average Bonchev–Trinajstić information content (AvgIpc) is 3.76. The Morgan fingerprint density at radius 2 is 1.14 bits per heavy atom. The zero-order valence-electron chi connectivity index (χ0n) is 27.4. The lowest BCUT2D eigenvalue weighted by molar-refractivity contribution is -0.119. The Morgan fingerprint density at radius 1 is 0.680 bits per heavy atom. The predicted octanol–water partition coefficient (Wildman–Crippen LogP) is 5.93. The van der Waals surface area contributed by atoms with E-state index < -0.39 is 20.0 Å². The van der Waals surface area contributed by atoms with E-state index in [1.165, 1.54) is 37.3 Å². The van der Waals surface area contributed by atoms with E-state index in [0.29, 0.717) is 23.0 Å². The summed E-state index contributed by atoms with van der Waals surface area (Å²) >= 11 is 0. The van der Waals surface area contributed by atoms with Gasteiger partial charge in [0.05, 0.1) is 27.9 Å². The number of carbonyl (C=O) groups is 2. The fraction of sp³-hybridized carbons (Fsp3) is 0.222. The largest absolute Gasteiger partial charge is 0.296 e. The minimum absolute atomic E-state index is 0.109. The standard InChI is InChI=1S/C22H23N3O3S.C14H11N3O3S/c1-16-7-10-19(11-8-16)29(27,28)25-14-13-20-22(25)23-15-18(24-20)9-12-21(26)17-5-3-2-4-6-17;1-10-2-4-12(5-3-10)21(19,20)17-7-6-13-14(17)15-8-11(9-18)16-13/h7-15,17H,2-6H2,1H3;2-9H,1H3/b12-9+;. The van der Waals surface area contributed by atoms with Gasteiger partial charge in [-0.25, -0.2) is 44.7 Å². The summed E-state index contributed by atoms with van der Waals surface area (Å²) < 4.78 is 53.3. The van der Waals surface area contributed by atoms with Gasteiger partial charge in [0, 0.05) is 18.3 Å². The SMILES string of the molecule is Cc1ccc(S(=O)(=O)n2ccc3nc(/C=C/C(=O)C4CCCCC4)cnc32)cc1.Cc1ccc(S(=O)(=O)n2ccc3nc(C=O)cnc32)cc1. The molecule has 1 aliphatic carbocycles. The van der Waals surface area contributed by atoms with Gasteiger partial charge in [0.15, 0.2) is 23.4 Å². The molecule has 4 aromatic heterocycles. The van der Waals surface area contributed by atoms with Gasteiger partial charge in [0.2, 0.25) is 0 Å². The maximum atomic E-state index is 12.9. The summed E-state index contributed by atoms with van der Waals surface area (Å²) in [5, 5.41) is 0. The molecule has 4 heterocycles. The fourth-order valence-corrected chi connectivity index (χ4v) is 8.26. The molecule has 2 aromatic carbocycles. The third kappa shape index (κ3) is 7.16. The number of benzene rings is 2. The summed E-state index contributed by atoms with van der Waals surface area (Å²) in [5.41, 5.74) is 3.94.